The predicted octanol–water partition coefficient (Wildman–Crippen LogP) is 2.34. The molecule has 1 fully saturated rings. The SMILES string of the molecule is COc1cc(N2CCCS2(=O)=O)ccc1NS(=O)(=O)c1ccccc1C. The molecule has 0 atom stereocenters. The number of nitrogens with one attached hydrogen (secondary N) is 1. The molecule has 0 amide bonds. The van der Waals surface area contributed by atoms with Crippen molar-refractivity contribution in [2.75, 3.05) is 28.4 Å². The van der Waals surface area contributed by atoms with E-state index in [4.69, 9.17) is 4.74 Å². The third-order valence-corrected chi connectivity index (χ3v) is 7.60. The fourth-order valence-electron chi connectivity index (χ4n) is 2.91. The normalized spacial score (nSPS) is 16.5. The van der Waals surface area contributed by atoms with Gasteiger partial charge in [0, 0.05) is 12.6 Å². The molecule has 0 aliphatic carbocycles. The average molecular weight is 396 g/mol. The molecule has 2 aromatic rings. The molecule has 2 aromatic carbocycles. The van der Waals surface area contributed by atoms with E-state index in [2.05, 4.69) is 4.72 Å². The Morgan fingerprint density at radius 3 is 2.50 bits per heavy atom. The Kier molecular flexibility index (Phi) is 4.85. The fraction of sp³-hybridized carbons (Fsp3) is 0.294. The first-order valence-corrected chi connectivity index (χ1v) is 11.1. The van der Waals surface area contributed by atoms with Crippen molar-refractivity contribution in [2.24, 2.45) is 0 Å². The lowest BCUT2D eigenvalue weighted by molar-refractivity contribution is 0.417. The average Bonchev–Trinajstić information content (AvgIpc) is 2.94. The van der Waals surface area contributed by atoms with Crippen LogP contribution in [-0.4, -0.2) is 36.2 Å². The number of nitrogens with zero attached hydrogens (tertiary/aromatic N) is 1. The maximum absolute atomic E-state index is 12.7. The van der Waals surface area contributed by atoms with E-state index < -0.39 is 20.0 Å². The second-order valence-corrected chi connectivity index (χ2v) is 9.66. The Balaban J connectivity index is 1.95. The van der Waals surface area contributed by atoms with Gasteiger partial charge >= 0.3 is 0 Å². The van der Waals surface area contributed by atoms with Crippen LogP contribution in [-0.2, 0) is 20.0 Å². The minimum absolute atomic E-state index is 0.108. The predicted molar refractivity (Wildman–Crippen MR) is 101 cm³/mol. The summed E-state index contributed by atoms with van der Waals surface area (Å²) in [7, 11) is -5.71. The van der Waals surface area contributed by atoms with Crippen LogP contribution in [0.1, 0.15) is 12.0 Å². The summed E-state index contributed by atoms with van der Waals surface area (Å²) in [5, 5.41) is 0. The van der Waals surface area contributed by atoms with Gasteiger partial charge in [-0.15, -0.1) is 0 Å². The summed E-state index contributed by atoms with van der Waals surface area (Å²) >= 11 is 0. The lowest BCUT2D eigenvalue weighted by atomic mass is 10.2. The van der Waals surface area contributed by atoms with Crippen molar-refractivity contribution < 1.29 is 21.6 Å². The molecule has 1 saturated heterocycles. The van der Waals surface area contributed by atoms with Crippen molar-refractivity contribution in [3.05, 3.63) is 48.0 Å². The van der Waals surface area contributed by atoms with Crippen molar-refractivity contribution in [1.82, 2.24) is 0 Å². The Bertz CT molecular complexity index is 1030. The maximum atomic E-state index is 12.7. The van der Waals surface area contributed by atoms with Crippen molar-refractivity contribution in [3.8, 4) is 5.75 Å². The van der Waals surface area contributed by atoms with Crippen molar-refractivity contribution in [3.63, 3.8) is 0 Å². The molecular formula is C17H20N2O5S2. The van der Waals surface area contributed by atoms with Gasteiger partial charge in [0.15, 0.2) is 0 Å². The summed E-state index contributed by atoms with van der Waals surface area (Å²) in [6.45, 7) is 2.12. The number of anilines is 2. The second kappa shape index (κ2) is 6.81. The zero-order valence-corrected chi connectivity index (χ0v) is 16.1. The van der Waals surface area contributed by atoms with Gasteiger partial charge in [-0.05, 0) is 37.1 Å². The number of hydrogen-bond acceptors (Lipinski definition) is 5. The molecule has 3 rings (SSSR count). The molecule has 0 radical (unpaired) electrons. The van der Waals surface area contributed by atoms with E-state index in [0.29, 0.717) is 24.2 Å². The molecule has 1 N–H and O–H groups in total. The van der Waals surface area contributed by atoms with Crippen LogP contribution in [0.4, 0.5) is 11.4 Å². The zero-order valence-electron chi connectivity index (χ0n) is 14.5. The molecule has 140 valence electrons. The van der Waals surface area contributed by atoms with Crippen LogP contribution in [0.2, 0.25) is 0 Å². The third kappa shape index (κ3) is 3.49. The third-order valence-electron chi connectivity index (χ3n) is 4.20. The van der Waals surface area contributed by atoms with Gasteiger partial charge in [0.05, 0.1) is 29.1 Å². The molecule has 1 heterocycles. The first-order valence-electron chi connectivity index (χ1n) is 8.01. The lowest BCUT2D eigenvalue weighted by Crippen LogP contribution is -2.25. The van der Waals surface area contributed by atoms with Gasteiger partial charge in [-0.1, -0.05) is 18.2 Å². The standard InChI is InChI=1S/C17H20N2O5S2/c1-13-6-3-4-7-17(13)26(22,23)18-15-9-8-14(12-16(15)24-2)19-10-5-11-25(19,20)21/h3-4,6-9,12,18H,5,10-11H2,1-2H3. The molecule has 0 aromatic heterocycles. The van der Waals surface area contributed by atoms with Crippen molar-refractivity contribution >= 4 is 31.4 Å². The fourth-order valence-corrected chi connectivity index (χ4v) is 5.78. The molecule has 0 unspecified atom stereocenters. The van der Waals surface area contributed by atoms with Crippen LogP contribution in [0.25, 0.3) is 0 Å². The van der Waals surface area contributed by atoms with Crippen LogP contribution in [0.3, 0.4) is 0 Å². The maximum Gasteiger partial charge on any atom is 0.262 e. The largest absolute Gasteiger partial charge is 0.494 e. The monoisotopic (exact) mass is 396 g/mol. The first kappa shape index (κ1) is 18.5. The molecule has 1 aliphatic heterocycles. The lowest BCUT2D eigenvalue weighted by Gasteiger charge is -2.19. The van der Waals surface area contributed by atoms with Gasteiger partial charge in [0.1, 0.15) is 5.75 Å². The highest BCUT2D eigenvalue weighted by Crippen LogP contribution is 2.34. The van der Waals surface area contributed by atoms with E-state index in [9.17, 15) is 16.8 Å². The summed E-state index contributed by atoms with van der Waals surface area (Å²) in [6, 6.07) is 11.3. The van der Waals surface area contributed by atoms with E-state index in [1.165, 1.54) is 29.6 Å². The van der Waals surface area contributed by atoms with Gasteiger partial charge in [0.2, 0.25) is 10.0 Å². The van der Waals surface area contributed by atoms with Gasteiger partial charge < -0.3 is 4.74 Å². The minimum atomic E-state index is -3.79. The Labute approximate surface area is 153 Å². The molecule has 0 bridgehead atoms. The quantitative estimate of drug-likeness (QED) is 0.837. The van der Waals surface area contributed by atoms with E-state index in [1.54, 1.807) is 31.2 Å². The number of rotatable bonds is 5. The topological polar surface area (TPSA) is 92.8 Å². The highest BCUT2D eigenvalue weighted by atomic mass is 32.2. The number of methoxy groups -OCH3 is 1. The smallest absolute Gasteiger partial charge is 0.262 e. The summed E-state index contributed by atoms with van der Waals surface area (Å²) in [5.41, 5.74) is 1.33. The molecule has 0 saturated carbocycles. The molecule has 26 heavy (non-hydrogen) atoms. The van der Waals surface area contributed by atoms with Crippen LogP contribution < -0.4 is 13.8 Å². The molecule has 1 aliphatic rings. The number of aryl methyl sites for hydroxylation is 1. The van der Waals surface area contributed by atoms with E-state index >= 15 is 0 Å². The van der Waals surface area contributed by atoms with Crippen LogP contribution in [0.5, 0.6) is 5.75 Å². The minimum Gasteiger partial charge on any atom is -0.494 e. The first-order chi connectivity index (χ1) is 12.2. The number of benzene rings is 2. The highest BCUT2D eigenvalue weighted by molar-refractivity contribution is 7.93. The van der Waals surface area contributed by atoms with Crippen LogP contribution >= 0.6 is 0 Å². The Morgan fingerprint density at radius 1 is 1.15 bits per heavy atom. The molecular weight excluding hydrogens is 376 g/mol. The summed E-state index contributed by atoms with van der Waals surface area (Å²) in [5.74, 6) is 0.360. The van der Waals surface area contributed by atoms with Crippen LogP contribution in [0.15, 0.2) is 47.4 Å². The molecule has 7 nitrogen and oxygen atoms in total. The van der Waals surface area contributed by atoms with Gasteiger partial charge in [-0.2, -0.15) is 0 Å². The highest BCUT2D eigenvalue weighted by Gasteiger charge is 2.29. The molecule has 0 spiro atoms. The number of hydrogen-bond donors (Lipinski definition) is 1. The summed E-state index contributed by atoms with van der Waals surface area (Å²) in [4.78, 5) is 0.174. The van der Waals surface area contributed by atoms with Gasteiger partial charge in [-0.25, -0.2) is 16.8 Å². The Hall–Kier alpha value is -2.26. The van der Waals surface area contributed by atoms with Gasteiger partial charge in [0.25, 0.3) is 10.0 Å². The van der Waals surface area contributed by atoms with E-state index in [-0.39, 0.29) is 22.1 Å². The number of ether oxygens (including phenoxy) is 1. The van der Waals surface area contributed by atoms with E-state index in [0.717, 1.165) is 0 Å². The molecule has 9 heteroatoms. The summed E-state index contributed by atoms with van der Waals surface area (Å²) in [6.07, 6.45) is 0.562. The Morgan fingerprint density at radius 2 is 1.88 bits per heavy atom. The van der Waals surface area contributed by atoms with Crippen molar-refractivity contribution in [1.29, 1.82) is 0 Å². The zero-order chi connectivity index (χ0) is 18.9. The van der Waals surface area contributed by atoms with Crippen LogP contribution in [0, 0.1) is 6.92 Å². The summed E-state index contributed by atoms with van der Waals surface area (Å²) < 4.78 is 58.6. The second-order valence-electron chi connectivity index (χ2n) is 6.00. The van der Waals surface area contributed by atoms with Gasteiger partial charge in [-0.3, -0.25) is 9.03 Å². The van der Waals surface area contributed by atoms with E-state index in [1.807, 2.05) is 0 Å². The van der Waals surface area contributed by atoms with Crippen molar-refractivity contribution in [2.45, 2.75) is 18.2 Å². The number of sulfonamides is 2.